The molecule has 4 nitrogen and oxygen atoms in total. The molecule has 1 aromatic rings. The second-order valence-corrected chi connectivity index (χ2v) is 6.48. The maximum absolute atomic E-state index is 13.7. The van der Waals surface area contributed by atoms with Crippen molar-refractivity contribution >= 4 is 11.9 Å². The maximum atomic E-state index is 13.7. The highest BCUT2D eigenvalue weighted by atomic mass is 19.1. The molecule has 1 amide bonds. The summed E-state index contributed by atoms with van der Waals surface area (Å²) in [6.07, 6.45) is 2.82. The van der Waals surface area contributed by atoms with E-state index in [2.05, 4.69) is 5.32 Å². The van der Waals surface area contributed by atoms with Gasteiger partial charge in [-0.3, -0.25) is 9.59 Å². The first-order valence-corrected chi connectivity index (χ1v) is 7.94. The molecule has 2 atom stereocenters. The van der Waals surface area contributed by atoms with Gasteiger partial charge >= 0.3 is 5.97 Å². The van der Waals surface area contributed by atoms with Crippen LogP contribution in [0.3, 0.4) is 0 Å². The van der Waals surface area contributed by atoms with Crippen LogP contribution in [-0.2, 0) is 9.59 Å². The van der Waals surface area contributed by atoms with Crippen LogP contribution in [0.15, 0.2) is 18.2 Å². The van der Waals surface area contributed by atoms with Crippen molar-refractivity contribution in [1.82, 2.24) is 5.32 Å². The Balaban J connectivity index is 1.54. The molecular weight excluding hydrogens is 304 g/mol. The van der Waals surface area contributed by atoms with Crippen molar-refractivity contribution in [2.75, 3.05) is 0 Å². The minimum Gasteiger partial charge on any atom is -0.481 e. The number of aliphatic carboxylic acids is 1. The first-order valence-electron chi connectivity index (χ1n) is 7.94. The Morgan fingerprint density at radius 3 is 2.26 bits per heavy atom. The molecule has 6 heteroatoms. The summed E-state index contributed by atoms with van der Waals surface area (Å²) in [5.41, 5.74) is 0.00207. The molecule has 0 radical (unpaired) electrons. The second-order valence-electron chi connectivity index (χ2n) is 6.48. The molecule has 2 fully saturated rings. The average molecular weight is 323 g/mol. The largest absolute Gasteiger partial charge is 0.481 e. The molecule has 0 aromatic heterocycles. The summed E-state index contributed by atoms with van der Waals surface area (Å²) in [4.78, 5) is 23.1. The topological polar surface area (TPSA) is 66.4 Å². The molecule has 23 heavy (non-hydrogen) atoms. The molecule has 0 heterocycles. The normalized spacial score (nSPS) is 29.8. The number of carboxylic acids is 1. The number of carbonyl (C=O) groups excluding carboxylic acids is 1. The highest BCUT2D eigenvalue weighted by Gasteiger charge is 2.47. The van der Waals surface area contributed by atoms with E-state index in [1.54, 1.807) is 0 Å². The van der Waals surface area contributed by atoms with Gasteiger partial charge in [0.25, 0.3) is 0 Å². The van der Waals surface area contributed by atoms with Crippen molar-refractivity contribution in [2.24, 2.45) is 11.8 Å². The fraction of sp³-hybridized carbons (Fsp3) is 0.529. The van der Waals surface area contributed by atoms with Crippen molar-refractivity contribution in [3.63, 3.8) is 0 Å². The van der Waals surface area contributed by atoms with Gasteiger partial charge < -0.3 is 10.4 Å². The van der Waals surface area contributed by atoms with E-state index in [4.69, 9.17) is 5.11 Å². The number of hydrogen-bond acceptors (Lipinski definition) is 2. The monoisotopic (exact) mass is 323 g/mol. The number of nitrogens with one attached hydrogen (secondary N) is 1. The van der Waals surface area contributed by atoms with E-state index >= 15 is 0 Å². The molecule has 0 saturated heterocycles. The molecule has 1 aromatic carbocycles. The van der Waals surface area contributed by atoms with E-state index in [0.717, 1.165) is 0 Å². The minimum absolute atomic E-state index is 0.00207. The first-order chi connectivity index (χ1) is 11.0. The van der Waals surface area contributed by atoms with Crippen LogP contribution in [0.4, 0.5) is 8.78 Å². The van der Waals surface area contributed by atoms with Crippen LogP contribution in [0.1, 0.15) is 43.6 Å². The fourth-order valence-corrected chi connectivity index (χ4v) is 3.46. The Bertz CT molecular complexity index is 606. The molecule has 2 N–H and O–H groups in total. The van der Waals surface area contributed by atoms with Gasteiger partial charge in [0.15, 0.2) is 0 Å². The summed E-state index contributed by atoms with van der Waals surface area (Å²) in [5, 5.41) is 11.9. The van der Waals surface area contributed by atoms with Crippen LogP contribution < -0.4 is 5.32 Å². The van der Waals surface area contributed by atoms with Crippen LogP contribution in [-0.4, -0.2) is 23.0 Å². The van der Waals surface area contributed by atoms with Gasteiger partial charge in [0, 0.05) is 23.4 Å². The first kappa shape index (κ1) is 15.9. The number of hydrogen-bond donors (Lipinski definition) is 2. The van der Waals surface area contributed by atoms with E-state index in [-0.39, 0.29) is 23.4 Å². The van der Waals surface area contributed by atoms with Crippen molar-refractivity contribution in [3.05, 3.63) is 35.4 Å². The van der Waals surface area contributed by atoms with Crippen LogP contribution in [0.2, 0.25) is 0 Å². The fourth-order valence-electron chi connectivity index (χ4n) is 3.46. The third-order valence-electron chi connectivity index (χ3n) is 4.92. The third-order valence-corrected chi connectivity index (χ3v) is 4.92. The standard InChI is InChI=1S/C17H19F2NO3/c18-13-2-1-3-14(19)15(13)11-8-12(11)16(21)20-10-6-4-9(5-7-10)17(22)23/h1-3,9-12H,4-8H2,(H,20,21)(H,22,23)/t9?,10?,11-,12-/m0/s1. The van der Waals surface area contributed by atoms with Crippen LogP contribution in [0, 0.1) is 23.5 Å². The number of halogens is 2. The van der Waals surface area contributed by atoms with Gasteiger partial charge in [-0.05, 0) is 44.2 Å². The molecule has 124 valence electrons. The van der Waals surface area contributed by atoms with Gasteiger partial charge in [0.1, 0.15) is 11.6 Å². The van der Waals surface area contributed by atoms with Gasteiger partial charge in [0.05, 0.1) is 5.92 Å². The SMILES string of the molecule is O=C(O)C1CCC(NC(=O)[C@H]2C[C@@H]2c2c(F)cccc2F)CC1. The predicted octanol–water partition coefficient (Wildman–Crippen LogP) is 2.83. The zero-order chi connectivity index (χ0) is 16.6. The Hall–Kier alpha value is -1.98. The summed E-state index contributed by atoms with van der Waals surface area (Å²) in [7, 11) is 0. The number of benzene rings is 1. The van der Waals surface area contributed by atoms with E-state index in [1.165, 1.54) is 18.2 Å². The molecule has 0 unspecified atom stereocenters. The van der Waals surface area contributed by atoms with Crippen molar-refractivity contribution in [1.29, 1.82) is 0 Å². The molecule has 0 bridgehead atoms. The van der Waals surface area contributed by atoms with Crippen LogP contribution in [0.5, 0.6) is 0 Å². The van der Waals surface area contributed by atoms with Gasteiger partial charge in [0.2, 0.25) is 5.91 Å². The number of carbonyl (C=O) groups is 2. The number of carboxylic acid groups (broad SMARTS) is 1. The van der Waals surface area contributed by atoms with Gasteiger partial charge in [-0.25, -0.2) is 8.78 Å². The van der Waals surface area contributed by atoms with E-state index in [9.17, 15) is 18.4 Å². The Morgan fingerprint density at radius 1 is 1.09 bits per heavy atom. The minimum atomic E-state index is -0.785. The second kappa shape index (κ2) is 6.26. The Kier molecular flexibility index (Phi) is 4.33. The lowest BCUT2D eigenvalue weighted by Crippen LogP contribution is -2.39. The van der Waals surface area contributed by atoms with Gasteiger partial charge in [-0.1, -0.05) is 6.07 Å². The van der Waals surface area contributed by atoms with E-state index in [0.29, 0.717) is 32.1 Å². The Morgan fingerprint density at radius 2 is 1.70 bits per heavy atom. The number of rotatable bonds is 4. The van der Waals surface area contributed by atoms with Gasteiger partial charge in [-0.2, -0.15) is 0 Å². The Labute approximate surface area is 132 Å². The lowest BCUT2D eigenvalue weighted by Gasteiger charge is -2.26. The molecule has 2 aliphatic rings. The molecule has 0 spiro atoms. The highest BCUT2D eigenvalue weighted by Crippen LogP contribution is 2.49. The zero-order valence-corrected chi connectivity index (χ0v) is 12.6. The van der Waals surface area contributed by atoms with Crippen LogP contribution in [0.25, 0.3) is 0 Å². The lowest BCUT2D eigenvalue weighted by atomic mass is 9.86. The smallest absolute Gasteiger partial charge is 0.306 e. The van der Waals surface area contributed by atoms with Crippen molar-refractivity contribution in [3.8, 4) is 0 Å². The van der Waals surface area contributed by atoms with E-state index in [1.807, 2.05) is 0 Å². The zero-order valence-electron chi connectivity index (χ0n) is 12.6. The summed E-state index contributed by atoms with van der Waals surface area (Å²) in [6, 6.07) is 3.69. The number of amides is 1. The quantitative estimate of drug-likeness (QED) is 0.895. The molecule has 3 rings (SSSR count). The van der Waals surface area contributed by atoms with Gasteiger partial charge in [-0.15, -0.1) is 0 Å². The third kappa shape index (κ3) is 3.35. The van der Waals surface area contributed by atoms with E-state index < -0.39 is 29.4 Å². The average Bonchev–Trinajstić information content (AvgIpc) is 3.28. The summed E-state index contributed by atoms with van der Waals surface area (Å²) < 4.78 is 27.5. The summed E-state index contributed by atoms with van der Waals surface area (Å²) in [5.74, 6) is -3.29. The van der Waals surface area contributed by atoms with Crippen LogP contribution >= 0.6 is 0 Å². The lowest BCUT2D eigenvalue weighted by molar-refractivity contribution is -0.142. The maximum Gasteiger partial charge on any atom is 0.306 e. The molecule has 2 saturated carbocycles. The predicted molar refractivity (Wildman–Crippen MR) is 78.7 cm³/mol. The summed E-state index contributed by atoms with van der Waals surface area (Å²) in [6.45, 7) is 0. The van der Waals surface area contributed by atoms with Crippen molar-refractivity contribution < 1.29 is 23.5 Å². The molecule has 2 aliphatic carbocycles. The summed E-state index contributed by atoms with van der Waals surface area (Å²) >= 11 is 0. The van der Waals surface area contributed by atoms with Crippen molar-refractivity contribution in [2.45, 2.75) is 44.1 Å². The molecule has 0 aliphatic heterocycles. The highest BCUT2D eigenvalue weighted by molar-refractivity contribution is 5.83. The molecular formula is C17H19F2NO3.